The molecule has 3 nitrogen and oxygen atoms in total. The van der Waals surface area contributed by atoms with E-state index in [1.165, 1.54) is 13.2 Å². The number of amides is 1. The number of nitrogens with one attached hydrogen (secondary N) is 1. The summed E-state index contributed by atoms with van der Waals surface area (Å²) in [5.41, 5.74) is -0.293. The second-order valence-corrected chi connectivity index (χ2v) is 3.92. The van der Waals surface area contributed by atoms with Crippen molar-refractivity contribution in [2.75, 3.05) is 12.4 Å². The molecule has 104 valence electrons. The first-order valence-electron chi connectivity index (χ1n) is 5.61. The van der Waals surface area contributed by atoms with Crippen LogP contribution in [-0.4, -0.2) is 13.0 Å². The summed E-state index contributed by atoms with van der Waals surface area (Å²) in [7, 11) is 1.32. The lowest BCUT2D eigenvalue weighted by Crippen LogP contribution is -2.14. The van der Waals surface area contributed by atoms with Crippen LogP contribution in [0.25, 0.3) is 0 Å². The molecule has 0 unspecified atom stereocenters. The Hall–Kier alpha value is -2.50. The molecule has 20 heavy (non-hydrogen) atoms. The highest BCUT2D eigenvalue weighted by Crippen LogP contribution is 2.22. The largest absolute Gasteiger partial charge is 0.496 e. The minimum absolute atomic E-state index is 0.0868. The maximum absolute atomic E-state index is 13.4. The Labute approximate surface area is 113 Å². The topological polar surface area (TPSA) is 38.3 Å². The summed E-state index contributed by atoms with van der Waals surface area (Å²) in [5, 5.41) is 2.23. The fraction of sp³-hybridized carbons (Fsp3) is 0.0714. The summed E-state index contributed by atoms with van der Waals surface area (Å²) in [6, 6.07) is 6.10. The van der Waals surface area contributed by atoms with Crippen LogP contribution in [0.4, 0.5) is 18.9 Å². The molecule has 0 spiro atoms. The first kappa shape index (κ1) is 13.9. The molecule has 0 heterocycles. The third-order valence-corrected chi connectivity index (χ3v) is 2.59. The Morgan fingerprint density at radius 1 is 1.05 bits per heavy atom. The van der Waals surface area contributed by atoms with Gasteiger partial charge < -0.3 is 10.1 Å². The van der Waals surface area contributed by atoms with E-state index in [9.17, 15) is 18.0 Å². The molecule has 0 saturated heterocycles. The van der Waals surface area contributed by atoms with Gasteiger partial charge in [0.1, 0.15) is 23.2 Å². The molecule has 1 amide bonds. The van der Waals surface area contributed by atoms with Gasteiger partial charge in [-0.15, -0.1) is 0 Å². The van der Waals surface area contributed by atoms with Crippen molar-refractivity contribution in [3.05, 3.63) is 59.4 Å². The summed E-state index contributed by atoms with van der Waals surface area (Å²) < 4.78 is 44.3. The molecule has 0 saturated carbocycles. The Balaban J connectivity index is 2.30. The van der Waals surface area contributed by atoms with Gasteiger partial charge >= 0.3 is 0 Å². The first-order chi connectivity index (χ1) is 9.51. The summed E-state index contributed by atoms with van der Waals surface area (Å²) in [6.45, 7) is 0. The van der Waals surface area contributed by atoms with Crippen LogP contribution in [0.3, 0.4) is 0 Å². The zero-order chi connectivity index (χ0) is 14.7. The standard InChI is InChI=1S/C14H10F3NO2/c1-20-13-5-3-8(15)6-10(13)14(19)18-12-4-2-9(16)7-11(12)17/h2-7H,1H3,(H,18,19). The number of rotatable bonds is 3. The lowest BCUT2D eigenvalue weighted by atomic mass is 10.1. The quantitative estimate of drug-likeness (QED) is 0.936. The van der Waals surface area contributed by atoms with Crippen molar-refractivity contribution in [2.45, 2.75) is 0 Å². The Bertz CT molecular complexity index is 659. The molecule has 2 aromatic rings. The number of halogens is 3. The molecule has 1 N–H and O–H groups in total. The zero-order valence-electron chi connectivity index (χ0n) is 10.4. The van der Waals surface area contributed by atoms with Gasteiger partial charge in [0.2, 0.25) is 0 Å². The molecule has 0 aromatic heterocycles. The van der Waals surface area contributed by atoms with Gasteiger partial charge in [0.05, 0.1) is 18.4 Å². The lowest BCUT2D eigenvalue weighted by Gasteiger charge is -2.10. The first-order valence-corrected chi connectivity index (χ1v) is 5.61. The fourth-order valence-corrected chi connectivity index (χ4v) is 1.64. The third-order valence-electron chi connectivity index (χ3n) is 2.59. The van der Waals surface area contributed by atoms with E-state index in [1.807, 2.05) is 0 Å². The molecule has 0 aliphatic carbocycles. The van der Waals surface area contributed by atoms with Gasteiger partial charge in [-0.1, -0.05) is 0 Å². The normalized spacial score (nSPS) is 10.2. The van der Waals surface area contributed by atoms with Crippen LogP contribution >= 0.6 is 0 Å². The number of anilines is 1. The highest BCUT2D eigenvalue weighted by Gasteiger charge is 2.15. The minimum Gasteiger partial charge on any atom is -0.496 e. The number of hydrogen-bond donors (Lipinski definition) is 1. The maximum Gasteiger partial charge on any atom is 0.259 e. The van der Waals surface area contributed by atoms with E-state index in [4.69, 9.17) is 4.74 Å². The Kier molecular flexibility index (Phi) is 3.93. The molecule has 0 aliphatic heterocycles. The van der Waals surface area contributed by atoms with E-state index in [-0.39, 0.29) is 17.0 Å². The predicted molar refractivity (Wildman–Crippen MR) is 67.3 cm³/mol. The Morgan fingerprint density at radius 2 is 1.70 bits per heavy atom. The van der Waals surface area contributed by atoms with Crippen molar-refractivity contribution in [3.8, 4) is 5.75 Å². The van der Waals surface area contributed by atoms with Crippen molar-refractivity contribution in [1.82, 2.24) is 0 Å². The van der Waals surface area contributed by atoms with Crippen molar-refractivity contribution < 1.29 is 22.7 Å². The average molecular weight is 281 g/mol. The van der Waals surface area contributed by atoms with Gasteiger partial charge in [-0.05, 0) is 30.3 Å². The summed E-state index contributed by atoms with van der Waals surface area (Å²) in [4.78, 5) is 12.0. The van der Waals surface area contributed by atoms with Gasteiger partial charge in [-0.3, -0.25) is 4.79 Å². The van der Waals surface area contributed by atoms with Gasteiger partial charge in [0, 0.05) is 6.07 Å². The van der Waals surface area contributed by atoms with Gasteiger partial charge in [0.25, 0.3) is 5.91 Å². The average Bonchev–Trinajstić information content (AvgIpc) is 2.41. The predicted octanol–water partition coefficient (Wildman–Crippen LogP) is 3.36. The molecule has 2 rings (SSSR count). The van der Waals surface area contributed by atoms with Crippen LogP contribution in [0, 0.1) is 17.5 Å². The van der Waals surface area contributed by atoms with Crippen molar-refractivity contribution in [1.29, 1.82) is 0 Å². The third kappa shape index (κ3) is 2.90. The molecular weight excluding hydrogens is 271 g/mol. The zero-order valence-corrected chi connectivity index (χ0v) is 10.4. The van der Waals surface area contributed by atoms with Crippen LogP contribution in [0.2, 0.25) is 0 Å². The number of carbonyl (C=O) groups is 1. The molecule has 0 atom stereocenters. The second-order valence-electron chi connectivity index (χ2n) is 3.92. The molecule has 6 heteroatoms. The van der Waals surface area contributed by atoms with Crippen molar-refractivity contribution >= 4 is 11.6 Å². The lowest BCUT2D eigenvalue weighted by molar-refractivity contribution is 0.102. The van der Waals surface area contributed by atoms with Gasteiger partial charge in [0.15, 0.2) is 0 Å². The molecule has 2 aromatic carbocycles. The molecular formula is C14H10F3NO2. The number of ether oxygens (including phenoxy) is 1. The van der Waals surface area contributed by atoms with E-state index in [2.05, 4.69) is 5.32 Å². The highest BCUT2D eigenvalue weighted by atomic mass is 19.1. The molecule has 0 bridgehead atoms. The van der Waals surface area contributed by atoms with Gasteiger partial charge in [-0.25, -0.2) is 13.2 Å². The van der Waals surface area contributed by atoms with E-state index in [1.54, 1.807) is 0 Å². The molecule has 0 aliphatic rings. The summed E-state index contributed by atoms with van der Waals surface area (Å²) in [6.07, 6.45) is 0. The SMILES string of the molecule is COc1ccc(F)cc1C(=O)Nc1ccc(F)cc1F. The number of hydrogen-bond acceptors (Lipinski definition) is 2. The van der Waals surface area contributed by atoms with Crippen molar-refractivity contribution in [2.24, 2.45) is 0 Å². The highest BCUT2D eigenvalue weighted by molar-refractivity contribution is 6.06. The van der Waals surface area contributed by atoms with E-state index in [0.29, 0.717) is 6.07 Å². The van der Waals surface area contributed by atoms with Crippen LogP contribution in [0.15, 0.2) is 36.4 Å². The maximum atomic E-state index is 13.4. The monoisotopic (exact) mass is 281 g/mol. The number of benzene rings is 2. The molecule has 0 fully saturated rings. The van der Waals surface area contributed by atoms with E-state index >= 15 is 0 Å². The van der Waals surface area contributed by atoms with Crippen LogP contribution in [-0.2, 0) is 0 Å². The van der Waals surface area contributed by atoms with Crippen LogP contribution in [0.5, 0.6) is 5.75 Å². The Morgan fingerprint density at radius 3 is 2.35 bits per heavy atom. The fourth-order valence-electron chi connectivity index (χ4n) is 1.64. The number of methoxy groups -OCH3 is 1. The van der Waals surface area contributed by atoms with E-state index < -0.39 is 23.4 Å². The summed E-state index contributed by atoms with van der Waals surface area (Å²) >= 11 is 0. The van der Waals surface area contributed by atoms with Crippen LogP contribution < -0.4 is 10.1 Å². The van der Waals surface area contributed by atoms with Crippen LogP contribution in [0.1, 0.15) is 10.4 Å². The second kappa shape index (κ2) is 5.64. The van der Waals surface area contributed by atoms with E-state index in [0.717, 1.165) is 24.3 Å². The summed E-state index contributed by atoms with van der Waals surface area (Å²) in [5.74, 6) is -2.92. The number of carbonyl (C=O) groups excluding carboxylic acids is 1. The molecule has 0 radical (unpaired) electrons. The smallest absolute Gasteiger partial charge is 0.259 e. The van der Waals surface area contributed by atoms with Gasteiger partial charge in [-0.2, -0.15) is 0 Å². The minimum atomic E-state index is -0.922. The van der Waals surface area contributed by atoms with Crippen molar-refractivity contribution in [3.63, 3.8) is 0 Å².